The third-order valence-corrected chi connectivity index (χ3v) is 8.68. The number of aliphatic imine (C=N–C) groups is 2. The van der Waals surface area contributed by atoms with Gasteiger partial charge in [-0.05, 0) is 52.9 Å². The van der Waals surface area contributed by atoms with Crippen LogP contribution in [0.25, 0.3) is 38.6 Å². The minimum Gasteiger partial charge on any atom is -0.309 e. The maximum Gasteiger partial charge on any atom is 0.131 e. The molecule has 206 valence electrons. The van der Waals surface area contributed by atoms with E-state index < -0.39 is 0 Å². The first kappa shape index (κ1) is 25.4. The predicted molar refractivity (Wildman–Crippen MR) is 180 cm³/mol. The number of hydrogen-bond acceptors (Lipinski definition) is 2. The molecule has 43 heavy (non-hydrogen) atoms. The van der Waals surface area contributed by atoms with Gasteiger partial charge >= 0.3 is 0 Å². The lowest BCUT2D eigenvalue weighted by Gasteiger charge is -2.24. The van der Waals surface area contributed by atoms with Gasteiger partial charge in [0.15, 0.2) is 0 Å². The highest BCUT2D eigenvalue weighted by Gasteiger charge is 2.24. The van der Waals surface area contributed by atoms with Crippen molar-refractivity contribution < 1.29 is 0 Å². The second-order valence-corrected chi connectivity index (χ2v) is 11.3. The van der Waals surface area contributed by atoms with E-state index in [-0.39, 0.29) is 12.0 Å². The molecule has 8 rings (SSSR count). The standard InChI is InChI=1S/C40H31N3/c1-3-11-30(12-4-1)36-27-37(42-40(41-36)32-13-5-2-6-14-32)31-21-19-28(20-22-31)29-23-25-33(26-24-29)43-38-17-9-7-15-34(38)35-16-8-10-18-39(35)43/h1-13,15-26,32,36H,14,27H2. The van der Waals surface area contributed by atoms with Gasteiger partial charge in [0, 0.05) is 28.8 Å². The molecular formula is C40H31N3. The number of fused-ring (bicyclic) bond motifs is 3. The summed E-state index contributed by atoms with van der Waals surface area (Å²) in [6.07, 6.45) is 10.4. The number of amidine groups is 1. The molecule has 0 amide bonds. The SMILES string of the molecule is C1=CCC(C2=NC(c3ccccc3)CC(c3ccc(-c4ccc(-n5c6ccccc6c6ccccc65)cc4)cc3)=N2)C=C1. The second kappa shape index (κ2) is 10.8. The van der Waals surface area contributed by atoms with Crippen molar-refractivity contribution in [3.8, 4) is 16.8 Å². The Bertz CT molecular complexity index is 2000. The van der Waals surface area contributed by atoms with Gasteiger partial charge < -0.3 is 4.57 Å². The quantitative estimate of drug-likeness (QED) is 0.203. The van der Waals surface area contributed by atoms with Gasteiger partial charge in [-0.15, -0.1) is 0 Å². The molecule has 2 heterocycles. The van der Waals surface area contributed by atoms with Crippen molar-refractivity contribution in [3.05, 3.63) is 163 Å². The molecule has 0 saturated heterocycles. The Morgan fingerprint density at radius 2 is 1.19 bits per heavy atom. The second-order valence-electron chi connectivity index (χ2n) is 11.3. The van der Waals surface area contributed by atoms with Gasteiger partial charge in [0.25, 0.3) is 0 Å². The van der Waals surface area contributed by atoms with Crippen LogP contribution in [-0.2, 0) is 0 Å². The molecule has 5 aromatic carbocycles. The Hall–Kier alpha value is -5.28. The van der Waals surface area contributed by atoms with Crippen molar-refractivity contribution >= 4 is 33.4 Å². The number of benzene rings is 5. The van der Waals surface area contributed by atoms with Gasteiger partial charge in [0.2, 0.25) is 0 Å². The average Bonchev–Trinajstić information content (AvgIpc) is 3.43. The lowest BCUT2D eigenvalue weighted by Crippen LogP contribution is -2.21. The van der Waals surface area contributed by atoms with Gasteiger partial charge in [-0.3, -0.25) is 4.99 Å². The molecule has 3 nitrogen and oxygen atoms in total. The highest BCUT2D eigenvalue weighted by Crippen LogP contribution is 2.34. The summed E-state index contributed by atoms with van der Waals surface area (Å²) in [6, 6.07) is 45.8. The van der Waals surface area contributed by atoms with Crippen LogP contribution in [0.3, 0.4) is 0 Å². The van der Waals surface area contributed by atoms with E-state index in [1.807, 2.05) is 0 Å². The molecule has 2 aliphatic rings. The van der Waals surface area contributed by atoms with Crippen LogP contribution >= 0.6 is 0 Å². The number of para-hydroxylation sites is 2. The van der Waals surface area contributed by atoms with Gasteiger partial charge in [0.05, 0.1) is 22.8 Å². The van der Waals surface area contributed by atoms with Gasteiger partial charge in [-0.25, -0.2) is 4.99 Å². The van der Waals surface area contributed by atoms with E-state index in [1.165, 1.54) is 44.2 Å². The van der Waals surface area contributed by atoms with Crippen molar-refractivity contribution in [2.24, 2.45) is 15.9 Å². The van der Waals surface area contributed by atoms with Gasteiger partial charge in [0.1, 0.15) is 5.84 Å². The van der Waals surface area contributed by atoms with Crippen LogP contribution in [0.5, 0.6) is 0 Å². The van der Waals surface area contributed by atoms with Gasteiger partial charge in [-0.1, -0.05) is 127 Å². The molecule has 1 aliphatic heterocycles. The minimum absolute atomic E-state index is 0.0797. The van der Waals surface area contributed by atoms with Crippen molar-refractivity contribution in [3.63, 3.8) is 0 Å². The monoisotopic (exact) mass is 553 g/mol. The fourth-order valence-corrected chi connectivity index (χ4v) is 6.46. The molecular weight excluding hydrogens is 522 g/mol. The fraction of sp³-hybridized carbons (Fsp3) is 0.100. The lowest BCUT2D eigenvalue weighted by atomic mass is 9.92. The molecule has 0 saturated carbocycles. The minimum atomic E-state index is 0.0797. The Morgan fingerprint density at radius 1 is 0.581 bits per heavy atom. The zero-order valence-corrected chi connectivity index (χ0v) is 23.8. The van der Waals surface area contributed by atoms with Crippen LogP contribution in [0, 0.1) is 5.92 Å². The number of aromatic nitrogens is 1. The first-order valence-electron chi connectivity index (χ1n) is 15.0. The summed E-state index contributed by atoms with van der Waals surface area (Å²) in [7, 11) is 0. The van der Waals surface area contributed by atoms with Crippen LogP contribution < -0.4 is 0 Å². The summed E-state index contributed by atoms with van der Waals surface area (Å²) in [5.74, 6) is 1.15. The lowest BCUT2D eigenvalue weighted by molar-refractivity contribution is 0.726. The van der Waals surface area contributed by atoms with E-state index in [1.54, 1.807) is 0 Å². The summed E-state index contributed by atoms with van der Waals surface area (Å²) in [5, 5.41) is 2.56. The normalized spacial score (nSPS) is 18.1. The molecule has 1 aromatic heterocycles. The van der Waals surface area contributed by atoms with E-state index in [0.717, 1.165) is 30.0 Å². The van der Waals surface area contributed by atoms with Crippen molar-refractivity contribution in [1.82, 2.24) is 4.57 Å². The molecule has 2 unspecified atom stereocenters. The maximum atomic E-state index is 5.13. The molecule has 0 bridgehead atoms. The largest absolute Gasteiger partial charge is 0.309 e. The van der Waals surface area contributed by atoms with Crippen LogP contribution in [0.2, 0.25) is 0 Å². The van der Waals surface area contributed by atoms with Crippen LogP contribution in [-0.4, -0.2) is 16.1 Å². The van der Waals surface area contributed by atoms with E-state index in [9.17, 15) is 0 Å². The van der Waals surface area contributed by atoms with Crippen molar-refractivity contribution in [2.75, 3.05) is 0 Å². The number of hydrogen-bond donors (Lipinski definition) is 0. The molecule has 0 fully saturated rings. The Kier molecular flexibility index (Phi) is 6.42. The summed E-state index contributed by atoms with van der Waals surface area (Å²) in [6.45, 7) is 0. The maximum absolute atomic E-state index is 5.13. The summed E-state index contributed by atoms with van der Waals surface area (Å²) in [5.41, 5.74) is 9.52. The molecule has 2 atom stereocenters. The van der Waals surface area contributed by atoms with Crippen molar-refractivity contribution in [1.29, 1.82) is 0 Å². The Balaban J connectivity index is 1.10. The third kappa shape index (κ3) is 4.73. The molecule has 3 heteroatoms. The van der Waals surface area contributed by atoms with Gasteiger partial charge in [-0.2, -0.15) is 0 Å². The topological polar surface area (TPSA) is 29.6 Å². The summed E-state index contributed by atoms with van der Waals surface area (Å²) in [4.78, 5) is 10.2. The number of nitrogens with zero attached hydrogens (tertiary/aromatic N) is 3. The summed E-state index contributed by atoms with van der Waals surface area (Å²) < 4.78 is 2.36. The van der Waals surface area contributed by atoms with E-state index >= 15 is 0 Å². The Morgan fingerprint density at radius 3 is 1.84 bits per heavy atom. The predicted octanol–water partition coefficient (Wildman–Crippen LogP) is 9.92. The van der Waals surface area contributed by atoms with E-state index in [4.69, 9.17) is 9.98 Å². The Labute approximate surface area is 251 Å². The average molecular weight is 554 g/mol. The third-order valence-electron chi connectivity index (χ3n) is 8.68. The zero-order valence-electron chi connectivity index (χ0n) is 23.8. The fourth-order valence-electron chi connectivity index (χ4n) is 6.46. The van der Waals surface area contributed by atoms with Crippen LogP contribution in [0.1, 0.15) is 30.0 Å². The summed E-state index contributed by atoms with van der Waals surface area (Å²) >= 11 is 0. The number of allylic oxidation sites excluding steroid dienone is 3. The number of rotatable bonds is 5. The molecule has 0 N–H and O–H groups in total. The van der Waals surface area contributed by atoms with E-state index in [2.05, 4.69) is 156 Å². The first-order chi connectivity index (χ1) is 21.3. The van der Waals surface area contributed by atoms with E-state index in [0.29, 0.717) is 0 Å². The first-order valence-corrected chi connectivity index (χ1v) is 15.0. The van der Waals surface area contributed by atoms with Crippen molar-refractivity contribution in [2.45, 2.75) is 18.9 Å². The highest BCUT2D eigenvalue weighted by atomic mass is 15.0. The molecule has 0 radical (unpaired) electrons. The van der Waals surface area contributed by atoms with Crippen LogP contribution in [0.4, 0.5) is 0 Å². The highest BCUT2D eigenvalue weighted by molar-refractivity contribution is 6.11. The smallest absolute Gasteiger partial charge is 0.131 e. The molecule has 1 aliphatic carbocycles. The van der Waals surface area contributed by atoms with Crippen LogP contribution in [0.15, 0.2) is 162 Å². The zero-order chi connectivity index (χ0) is 28.6. The molecule has 6 aromatic rings. The molecule has 0 spiro atoms.